The molecule has 0 amide bonds. The van der Waals surface area contributed by atoms with Crippen LogP contribution in [-0.2, 0) is 19.0 Å². The Bertz CT molecular complexity index is 671. The predicted octanol–water partition coefficient (Wildman–Crippen LogP) is 3.28. The molecule has 126 valence electrons. The summed E-state index contributed by atoms with van der Waals surface area (Å²) in [5.41, 5.74) is 3.09. The zero-order valence-electron chi connectivity index (χ0n) is 14.8. The third kappa shape index (κ3) is 4.05. The Morgan fingerprint density at radius 3 is 2.65 bits per heavy atom. The Morgan fingerprint density at radius 2 is 2.04 bits per heavy atom. The molecule has 0 fully saturated rings. The van der Waals surface area contributed by atoms with E-state index < -0.39 is 0 Å². The first-order valence-corrected chi connectivity index (χ1v) is 7.85. The van der Waals surface area contributed by atoms with Gasteiger partial charge in [0.15, 0.2) is 0 Å². The molecular formula is C18H27N3O2. The van der Waals surface area contributed by atoms with E-state index in [1.165, 1.54) is 5.56 Å². The molecule has 2 rings (SSSR count). The normalized spacial score (nSPS) is 13.1. The number of phenolic OH excluding ortho intramolecular Hbond substituents is 1. The first-order valence-electron chi connectivity index (χ1n) is 7.85. The molecule has 2 aromatic rings. The molecule has 0 saturated heterocycles. The smallest absolute Gasteiger partial charge is 0.120 e. The molecule has 2 N–H and O–H groups in total. The maximum atomic E-state index is 10.1. The number of nitrogens with zero attached hydrogens (tertiary/aromatic N) is 2. The van der Waals surface area contributed by atoms with Crippen molar-refractivity contribution in [3.05, 3.63) is 41.2 Å². The summed E-state index contributed by atoms with van der Waals surface area (Å²) in [6, 6.07) is 5.28. The van der Waals surface area contributed by atoms with E-state index in [9.17, 15) is 5.11 Å². The number of phenols is 1. The van der Waals surface area contributed by atoms with Crippen molar-refractivity contribution in [1.82, 2.24) is 15.1 Å². The summed E-state index contributed by atoms with van der Waals surface area (Å²) in [6.45, 7) is 9.21. The second-order valence-corrected chi connectivity index (χ2v) is 6.95. The molecule has 1 aromatic heterocycles. The Labute approximate surface area is 138 Å². The monoisotopic (exact) mass is 317 g/mol. The van der Waals surface area contributed by atoms with Gasteiger partial charge in [-0.15, -0.1) is 0 Å². The van der Waals surface area contributed by atoms with Gasteiger partial charge in [-0.2, -0.15) is 5.10 Å². The second kappa shape index (κ2) is 6.62. The van der Waals surface area contributed by atoms with E-state index in [1.807, 2.05) is 30.9 Å². The lowest BCUT2D eigenvalue weighted by Crippen LogP contribution is -2.21. The van der Waals surface area contributed by atoms with E-state index in [1.54, 1.807) is 19.2 Å². The Kier molecular flexibility index (Phi) is 5.00. The van der Waals surface area contributed by atoms with Crippen molar-refractivity contribution in [3.8, 4) is 11.5 Å². The SMILES string of the molecule is COc1ccc(O)c([C@H](C)NCc2cn(C)nc2C(C)(C)C)c1. The number of hydrogen-bond acceptors (Lipinski definition) is 4. The van der Waals surface area contributed by atoms with Gasteiger partial charge in [-0.1, -0.05) is 20.8 Å². The van der Waals surface area contributed by atoms with Crippen molar-refractivity contribution in [2.45, 2.75) is 45.7 Å². The van der Waals surface area contributed by atoms with Crippen molar-refractivity contribution >= 4 is 0 Å². The molecule has 1 heterocycles. The fraction of sp³-hybridized carbons (Fsp3) is 0.500. The number of aryl methyl sites for hydroxylation is 1. The summed E-state index contributed by atoms with van der Waals surface area (Å²) in [5, 5.41) is 18.1. The standard InChI is InChI=1S/C18H27N3O2/c1-12(15-9-14(23-6)7-8-16(15)22)19-10-13-11-21(5)20-17(13)18(2,3)4/h7-9,11-12,19,22H,10H2,1-6H3/t12-/m0/s1. The highest BCUT2D eigenvalue weighted by Crippen LogP contribution is 2.29. The number of aromatic nitrogens is 2. The van der Waals surface area contributed by atoms with Crippen LogP contribution in [0.25, 0.3) is 0 Å². The molecule has 0 radical (unpaired) electrons. The number of aromatic hydroxyl groups is 1. The summed E-state index contributed by atoms with van der Waals surface area (Å²) in [5.74, 6) is 1.01. The largest absolute Gasteiger partial charge is 0.508 e. The van der Waals surface area contributed by atoms with E-state index in [4.69, 9.17) is 4.74 Å². The number of hydrogen-bond donors (Lipinski definition) is 2. The number of benzene rings is 1. The van der Waals surface area contributed by atoms with Crippen LogP contribution in [0.4, 0.5) is 0 Å². The van der Waals surface area contributed by atoms with Gasteiger partial charge in [-0.05, 0) is 25.1 Å². The van der Waals surface area contributed by atoms with Gasteiger partial charge in [0.1, 0.15) is 11.5 Å². The van der Waals surface area contributed by atoms with Crippen LogP contribution in [0.15, 0.2) is 24.4 Å². The Morgan fingerprint density at radius 1 is 1.35 bits per heavy atom. The van der Waals surface area contributed by atoms with Gasteiger partial charge in [0.25, 0.3) is 0 Å². The predicted molar refractivity (Wildman–Crippen MR) is 91.8 cm³/mol. The highest BCUT2D eigenvalue weighted by Gasteiger charge is 2.22. The van der Waals surface area contributed by atoms with E-state index in [2.05, 4.69) is 31.2 Å². The number of nitrogens with one attached hydrogen (secondary N) is 1. The van der Waals surface area contributed by atoms with Crippen LogP contribution >= 0.6 is 0 Å². The van der Waals surface area contributed by atoms with Crippen molar-refractivity contribution in [1.29, 1.82) is 0 Å². The molecule has 23 heavy (non-hydrogen) atoms. The lowest BCUT2D eigenvalue weighted by Gasteiger charge is -2.20. The molecule has 0 spiro atoms. The minimum absolute atomic E-state index is 0.000380. The summed E-state index contributed by atoms with van der Waals surface area (Å²) in [6.07, 6.45) is 2.05. The van der Waals surface area contributed by atoms with Crippen LogP contribution in [0.3, 0.4) is 0 Å². The van der Waals surface area contributed by atoms with E-state index in [0.29, 0.717) is 6.54 Å². The third-order valence-corrected chi connectivity index (χ3v) is 3.91. The number of methoxy groups -OCH3 is 1. The molecule has 0 aliphatic rings. The highest BCUT2D eigenvalue weighted by atomic mass is 16.5. The van der Waals surface area contributed by atoms with Gasteiger partial charge in [0, 0.05) is 42.4 Å². The molecule has 1 aromatic carbocycles. The summed E-state index contributed by atoms with van der Waals surface area (Å²) >= 11 is 0. The number of rotatable bonds is 5. The number of ether oxygens (including phenoxy) is 1. The first-order chi connectivity index (χ1) is 10.7. The van der Waals surface area contributed by atoms with E-state index in [-0.39, 0.29) is 17.2 Å². The minimum atomic E-state index is -0.00174. The molecule has 0 unspecified atom stereocenters. The molecule has 0 saturated carbocycles. The van der Waals surface area contributed by atoms with Gasteiger partial charge in [-0.25, -0.2) is 0 Å². The Balaban J connectivity index is 2.15. The molecule has 5 heteroatoms. The van der Waals surface area contributed by atoms with Gasteiger partial charge in [-0.3, -0.25) is 4.68 Å². The second-order valence-electron chi connectivity index (χ2n) is 6.95. The van der Waals surface area contributed by atoms with Crippen LogP contribution in [0.1, 0.15) is 50.6 Å². The van der Waals surface area contributed by atoms with E-state index in [0.717, 1.165) is 17.0 Å². The van der Waals surface area contributed by atoms with Crippen LogP contribution in [-0.4, -0.2) is 22.0 Å². The summed E-state index contributed by atoms with van der Waals surface area (Å²) < 4.78 is 7.09. The van der Waals surface area contributed by atoms with E-state index >= 15 is 0 Å². The Hall–Kier alpha value is -2.01. The molecule has 5 nitrogen and oxygen atoms in total. The lowest BCUT2D eigenvalue weighted by molar-refractivity contribution is 0.407. The molecule has 1 atom stereocenters. The van der Waals surface area contributed by atoms with Crippen molar-refractivity contribution in [3.63, 3.8) is 0 Å². The van der Waals surface area contributed by atoms with Crippen molar-refractivity contribution in [2.24, 2.45) is 7.05 Å². The fourth-order valence-corrected chi connectivity index (χ4v) is 2.68. The van der Waals surface area contributed by atoms with Gasteiger partial charge < -0.3 is 15.2 Å². The van der Waals surface area contributed by atoms with Gasteiger partial charge in [0.05, 0.1) is 12.8 Å². The topological polar surface area (TPSA) is 59.3 Å². The maximum Gasteiger partial charge on any atom is 0.120 e. The van der Waals surface area contributed by atoms with Crippen LogP contribution in [0, 0.1) is 0 Å². The van der Waals surface area contributed by atoms with Crippen LogP contribution < -0.4 is 10.1 Å². The van der Waals surface area contributed by atoms with Crippen molar-refractivity contribution in [2.75, 3.05) is 7.11 Å². The average molecular weight is 317 g/mol. The molecular weight excluding hydrogens is 290 g/mol. The highest BCUT2D eigenvalue weighted by molar-refractivity contribution is 5.41. The summed E-state index contributed by atoms with van der Waals surface area (Å²) in [4.78, 5) is 0. The summed E-state index contributed by atoms with van der Waals surface area (Å²) in [7, 11) is 3.57. The zero-order valence-corrected chi connectivity index (χ0v) is 14.8. The van der Waals surface area contributed by atoms with Crippen LogP contribution in [0.5, 0.6) is 11.5 Å². The first kappa shape index (κ1) is 17.3. The van der Waals surface area contributed by atoms with Crippen molar-refractivity contribution < 1.29 is 9.84 Å². The molecule has 0 aliphatic carbocycles. The quantitative estimate of drug-likeness (QED) is 0.888. The average Bonchev–Trinajstić information content (AvgIpc) is 2.86. The van der Waals surface area contributed by atoms with Gasteiger partial charge in [0.2, 0.25) is 0 Å². The zero-order chi connectivity index (χ0) is 17.2. The molecule has 0 aliphatic heterocycles. The minimum Gasteiger partial charge on any atom is -0.508 e. The maximum absolute atomic E-state index is 10.1. The van der Waals surface area contributed by atoms with Gasteiger partial charge >= 0.3 is 0 Å². The lowest BCUT2D eigenvalue weighted by atomic mass is 9.89. The third-order valence-electron chi connectivity index (χ3n) is 3.91. The van der Waals surface area contributed by atoms with Crippen LogP contribution in [0.2, 0.25) is 0 Å². The molecule has 0 bridgehead atoms. The fourth-order valence-electron chi connectivity index (χ4n) is 2.68.